The largest absolute Gasteiger partial charge is 0.496 e. The van der Waals surface area contributed by atoms with E-state index >= 15 is 0 Å². The standard InChI is InChI=1S/C15H22N2O2/c1-10-11(2)14(19-3)8-7-12(10)17-15(18)13-6-4-5-9-16-13/h7-8,13,16H,4-6,9H2,1-3H3,(H,17,18). The maximum Gasteiger partial charge on any atom is 0.241 e. The van der Waals surface area contributed by atoms with E-state index in [1.807, 2.05) is 26.0 Å². The van der Waals surface area contributed by atoms with Crippen LogP contribution in [-0.4, -0.2) is 25.6 Å². The second-order valence-corrected chi connectivity index (χ2v) is 5.06. The van der Waals surface area contributed by atoms with Crippen molar-refractivity contribution in [2.75, 3.05) is 19.0 Å². The molecule has 0 aliphatic carbocycles. The lowest BCUT2D eigenvalue weighted by Crippen LogP contribution is -2.43. The van der Waals surface area contributed by atoms with Gasteiger partial charge in [-0.3, -0.25) is 4.79 Å². The number of ether oxygens (including phenoxy) is 1. The average Bonchev–Trinajstić information content (AvgIpc) is 2.45. The van der Waals surface area contributed by atoms with E-state index in [4.69, 9.17) is 4.74 Å². The van der Waals surface area contributed by atoms with Gasteiger partial charge in [-0.1, -0.05) is 6.42 Å². The summed E-state index contributed by atoms with van der Waals surface area (Å²) in [5, 5.41) is 6.27. The Kier molecular flexibility index (Phi) is 4.43. The Labute approximate surface area is 114 Å². The minimum absolute atomic E-state index is 0.0597. The SMILES string of the molecule is COc1ccc(NC(=O)C2CCCCN2)c(C)c1C. The van der Waals surface area contributed by atoms with E-state index in [1.165, 1.54) is 0 Å². The first kappa shape index (κ1) is 13.9. The number of carbonyl (C=O) groups excluding carboxylic acids is 1. The highest BCUT2D eigenvalue weighted by molar-refractivity contribution is 5.95. The molecule has 0 radical (unpaired) electrons. The monoisotopic (exact) mass is 262 g/mol. The van der Waals surface area contributed by atoms with Crippen molar-refractivity contribution in [3.63, 3.8) is 0 Å². The summed E-state index contributed by atoms with van der Waals surface area (Å²) in [7, 11) is 1.66. The number of amides is 1. The van der Waals surface area contributed by atoms with Gasteiger partial charge in [0.25, 0.3) is 0 Å². The van der Waals surface area contributed by atoms with Crippen LogP contribution >= 0.6 is 0 Å². The minimum Gasteiger partial charge on any atom is -0.496 e. The fraction of sp³-hybridized carbons (Fsp3) is 0.533. The molecule has 1 aliphatic rings. The summed E-state index contributed by atoms with van der Waals surface area (Å²) in [6, 6.07) is 3.74. The van der Waals surface area contributed by atoms with Gasteiger partial charge < -0.3 is 15.4 Å². The van der Waals surface area contributed by atoms with Crippen molar-refractivity contribution in [3.8, 4) is 5.75 Å². The third-order valence-corrected chi connectivity index (χ3v) is 3.84. The zero-order valence-electron chi connectivity index (χ0n) is 11.9. The molecule has 1 aromatic carbocycles. The number of benzene rings is 1. The molecule has 1 unspecified atom stereocenters. The van der Waals surface area contributed by atoms with Gasteiger partial charge in [-0.25, -0.2) is 0 Å². The summed E-state index contributed by atoms with van der Waals surface area (Å²) < 4.78 is 5.28. The van der Waals surface area contributed by atoms with E-state index in [1.54, 1.807) is 7.11 Å². The second kappa shape index (κ2) is 6.06. The van der Waals surface area contributed by atoms with Crippen LogP contribution in [0, 0.1) is 13.8 Å². The van der Waals surface area contributed by atoms with Gasteiger partial charge in [-0.2, -0.15) is 0 Å². The molecule has 0 bridgehead atoms. The van der Waals surface area contributed by atoms with E-state index in [9.17, 15) is 4.79 Å². The first-order valence-electron chi connectivity index (χ1n) is 6.82. The smallest absolute Gasteiger partial charge is 0.241 e. The number of methoxy groups -OCH3 is 1. The van der Waals surface area contributed by atoms with Crippen LogP contribution < -0.4 is 15.4 Å². The van der Waals surface area contributed by atoms with Crippen LogP contribution in [0.25, 0.3) is 0 Å². The van der Waals surface area contributed by atoms with Gasteiger partial charge in [0.15, 0.2) is 0 Å². The molecular weight excluding hydrogens is 240 g/mol. The molecule has 4 heteroatoms. The molecule has 1 atom stereocenters. The third kappa shape index (κ3) is 3.07. The maximum absolute atomic E-state index is 12.2. The van der Waals surface area contributed by atoms with Gasteiger partial charge in [0.1, 0.15) is 5.75 Å². The van der Waals surface area contributed by atoms with Crippen LogP contribution in [0.5, 0.6) is 5.75 Å². The van der Waals surface area contributed by atoms with Crippen molar-refractivity contribution in [1.82, 2.24) is 5.32 Å². The second-order valence-electron chi connectivity index (χ2n) is 5.06. The van der Waals surface area contributed by atoms with Gasteiger partial charge in [0.05, 0.1) is 13.2 Å². The van der Waals surface area contributed by atoms with Crippen molar-refractivity contribution < 1.29 is 9.53 Å². The maximum atomic E-state index is 12.2. The molecule has 2 rings (SSSR count). The Morgan fingerprint density at radius 2 is 2.11 bits per heavy atom. The molecule has 1 fully saturated rings. The highest BCUT2D eigenvalue weighted by Gasteiger charge is 2.21. The number of hydrogen-bond acceptors (Lipinski definition) is 3. The molecule has 1 saturated heterocycles. The zero-order valence-corrected chi connectivity index (χ0v) is 11.9. The summed E-state index contributed by atoms with van der Waals surface area (Å²) in [5.74, 6) is 0.915. The zero-order chi connectivity index (χ0) is 13.8. The highest BCUT2D eigenvalue weighted by atomic mass is 16.5. The van der Waals surface area contributed by atoms with E-state index in [2.05, 4.69) is 10.6 Å². The Balaban J connectivity index is 2.10. The van der Waals surface area contributed by atoms with Crippen LogP contribution in [-0.2, 0) is 4.79 Å². The molecule has 104 valence electrons. The number of anilines is 1. The quantitative estimate of drug-likeness (QED) is 0.879. The molecule has 0 spiro atoms. The minimum atomic E-state index is -0.0597. The van der Waals surface area contributed by atoms with E-state index in [0.29, 0.717) is 0 Å². The fourth-order valence-electron chi connectivity index (χ4n) is 2.45. The molecule has 19 heavy (non-hydrogen) atoms. The lowest BCUT2D eigenvalue weighted by molar-refractivity contribution is -0.118. The van der Waals surface area contributed by atoms with Gasteiger partial charge >= 0.3 is 0 Å². The number of carbonyl (C=O) groups is 1. The third-order valence-electron chi connectivity index (χ3n) is 3.84. The lowest BCUT2D eigenvalue weighted by atomic mass is 10.0. The number of piperidine rings is 1. The van der Waals surface area contributed by atoms with Crippen LogP contribution in [0.15, 0.2) is 12.1 Å². The first-order chi connectivity index (χ1) is 9.13. The van der Waals surface area contributed by atoms with Crippen molar-refractivity contribution in [3.05, 3.63) is 23.3 Å². The average molecular weight is 262 g/mol. The summed E-state index contributed by atoms with van der Waals surface area (Å²) >= 11 is 0. The molecule has 1 amide bonds. The Hall–Kier alpha value is -1.55. The molecule has 0 saturated carbocycles. The van der Waals surface area contributed by atoms with Crippen LogP contribution in [0.2, 0.25) is 0 Å². The van der Waals surface area contributed by atoms with Gasteiger partial charge in [-0.05, 0) is 56.5 Å². The van der Waals surface area contributed by atoms with Gasteiger partial charge in [0.2, 0.25) is 5.91 Å². The fourth-order valence-corrected chi connectivity index (χ4v) is 2.45. The topological polar surface area (TPSA) is 50.4 Å². The van der Waals surface area contributed by atoms with Gasteiger partial charge in [0, 0.05) is 5.69 Å². The van der Waals surface area contributed by atoms with E-state index in [-0.39, 0.29) is 11.9 Å². The number of nitrogens with one attached hydrogen (secondary N) is 2. The normalized spacial score (nSPS) is 19.0. The molecule has 1 aliphatic heterocycles. The van der Waals surface area contributed by atoms with Crippen molar-refractivity contribution >= 4 is 11.6 Å². The van der Waals surface area contributed by atoms with Crippen LogP contribution in [0.3, 0.4) is 0 Å². The number of rotatable bonds is 3. The summed E-state index contributed by atoms with van der Waals surface area (Å²) in [6.07, 6.45) is 3.19. The molecule has 0 aromatic heterocycles. The van der Waals surface area contributed by atoms with E-state index in [0.717, 1.165) is 48.4 Å². The lowest BCUT2D eigenvalue weighted by Gasteiger charge is -2.23. The van der Waals surface area contributed by atoms with E-state index < -0.39 is 0 Å². The molecular formula is C15H22N2O2. The summed E-state index contributed by atoms with van der Waals surface area (Å²) in [6.45, 7) is 4.93. The predicted octanol–water partition coefficient (Wildman–Crippen LogP) is 2.39. The predicted molar refractivity (Wildman–Crippen MR) is 76.7 cm³/mol. The summed E-state index contributed by atoms with van der Waals surface area (Å²) in [5.41, 5.74) is 3.00. The van der Waals surface area contributed by atoms with Crippen LogP contribution in [0.1, 0.15) is 30.4 Å². The molecule has 1 heterocycles. The first-order valence-corrected chi connectivity index (χ1v) is 6.82. The molecule has 2 N–H and O–H groups in total. The molecule has 1 aromatic rings. The van der Waals surface area contributed by atoms with Crippen molar-refractivity contribution in [2.45, 2.75) is 39.2 Å². The van der Waals surface area contributed by atoms with Crippen molar-refractivity contribution in [2.24, 2.45) is 0 Å². The van der Waals surface area contributed by atoms with Gasteiger partial charge in [-0.15, -0.1) is 0 Å². The number of hydrogen-bond donors (Lipinski definition) is 2. The highest BCUT2D eigenvalue weighted by Crippen LogP contribution is 2.27. The Morgan fingerprint density at radius 1 is 1.32 bits per heavy atom. The van der Waals surface area contributed by atoms with Crippen molar-refractivity contribution in [1.29, 1.82) is 0 Å². The van der Waals surface area contributed by atoms with Crippen LogP contribution in [0.4, 0.5) is 5.69 Å². The summed E-state index contributed by atoms with van der Waals surface area (Å²) in [4.78, 5) is 12.2. The Morgan fingerprint density at radius 3 is 2.74 bits per heavy atom. The Bertz CT molecular complexity index is 465. The molecule has 4 nitrogen and oxygen atoms in total.